The molecule has 2 heteroatoms. The van der Waals surface area contributed by atoms with Gasteiger partial charge in [-0.15, -0.1) is 0 Å². The van der Waals surface area contributed by atoms with Crippen molar-refractivity contribution in [3.05, 3.63) is 41.0 Å². The molecule has 110 valence electrons. The van der Waals surface area contributed by atoms with Crippen molar-refractivity contribution >= 4 is 0 Å². The third-order valence-electron chi connectivity index (χ3n) is 3.87. The molecule has 0 saturated heterocycles. The molecule has 0 saturated carbocycles. The Morgan fingerprint density at radius 3 is 2.95 bits per heavy atom. The van der Waals surface area contributed by atoms with E-state index in [0.29, 0.717) is 0 Å². The number of benzene rings is 1. The van der Waals surface area contributed by atoms with Gasteiger partial charge in [-0.3, -0.25) is 0 Å². The SMILES string of the molecule is CCCCOc1cc(CC2=CC(O)CCC2)ccc1C. The fraction of sp³-hybridized carbons (Fsp3) is 0.556. The van der Waals surface area contributed by atoms with Crippen LogP contribution in [0.4, 0.5) is 0 Å². The van der Waals surface area contributed by atoms with Gasteiger partial charge in [0.15, 0.2) is 0 Å². The van der Waals surface area contributed by atoms with Crippen LogP contribution in [0, 0.1) is 6.92 Å². The number of hydrogen-bond donors (Lipinski definition) is 1. The zero-order valence-corrected chi connectivity index (χ0v) is 12.7. The van der Waals surface area contributed by atoms with Crippen LogP contribution in [-0.2, 0) is 6.42 Å². The Bertz CT molecular complexity index is 462. The number of ether oxygens (including phenoxy) is 1. The zero-order chi connectivity index (χ0) is 14.4. The Labute approximate surface area is 122 Å². The summed E-state index contributed by atoms with van der Waals surface area (Å²) >= 11 is 0. The van der Waals surface area contributed by atoms with E-state index in [-0.39, 0.29) is 6.10 Å². The highest BCUT2D eigenvalue weighted by Crippen LogP contribution is 2.25. The molecule has 1 aliphatic carbocycles. The van der Waals surface area contributed by atoms with E-state index in [1.807, 2.05) is 6.08 Å². The van der Waals surface area contributed by atoms with Crippen LogP contribution in [0.15, 0.2) is 29.8 Å². The topological polar surface area (TPSA) is 29.5 Å². The summed E-state index contributed by atoms with van der Waals surface area (Å²) in [6, 6.07) is 6.47. The summed E-state index contributed by atoms with van der Waals surface area (Å²) < 4.78 is 5.86. The number of aryl methyl sites for hydroxylation is 1. The first-order valence-corrected chi connectivity index (χ1v) is 7.79. The van der Waals surface area contributed by atoms with Gasteiger partial charge in [0.05, 0.1) is 12.7 Å². The molecular formula is C18H26O2. The van der Waals surface area contributed by atoms with E-state index in [4.69, 9.17) is 4.74 Å². The van der Waals surface area contributed by atoms with E-state index < -0.39 is 0 Å². The highest BCUT2D eigenvalue weighted by atomic mass is 16.5. The Balaban J connectivity index is 2.03. The molecule has 0 amide bonds. The van der Waals surface area contributed by atoms with Crippen molar-refractivity contribution in [1.82, 2.24) is 0 Å². The molecule has 2 rings (SSSR count). The van der Waals surface area contributed by atoms with Crippen LogP contribution in [0.5, 0.6) is 5.75 Å². The second-order valence-electron chi connectivity index (χ2n) is 5.76. The molecule has 0 bridgehead atoms. The maximum Gasteiger partial charge on any atom is 0.122 e. The quantitative estimate of drug-likeness (QED) is 0.622. The van der Waals surface area contributed by atoms with Crippen molar-refractivity contribution in [1.29, 1.82) is 0 Å². The predicted octanol–water partition coefficient (Wildman–Crippen LogP) is 4.19. The molecule has 1 unspecified atom stereocenters. The maximum absolute atomic E-state index is 9.70. The van der Waals surface area contributed by atoms with Gasteiger partial charge in [0.1, 0.15) is 5.75 Å². The van der Waals surface area contributed by atoms with E-state index in [2.05, 4.69) is 32.0 Å². The molecule has 20 heavy (non-hydrogen) atoms. The summed E-state index contributed by atoms with van der Waals surface area (Å²) in [5.41, 5.74) is 3.83. The second kappa shape index (κ2) is 7.49. The Morgan fingerprint density at radius 1 is 1.35 bits per heavy atom. The van der Waals surface area contributed by atoms with Gasteiger partial charge in [-0.25, -0.2) is 0 Å². The Hall–Kier alpha value is -1.28. The first-order chi connectivity index (χ1) is 9.69. The molecule has 0 fully saturated rings. The number of allylic oxidation sites excluding steroid dienone is 1. The minimum Gasteiger partial charge on any atom is -0.493 e. The van der Waals surface area contributed by atoms with E-state index in [1.54, 1.807) is 0 Å². The zero-order valence-electron chi connectivity index (χ0n) is 12.7. The molecular weight excluding hydrogens is 248 g/mol. The Kier molecular flexibility index (Phi) is 5.66. The maximum atomic E-state index is 9.70. The lowest BCUT2D eigenvalue weighted by Crippen LogP contribution is -2.10. The van der Waals surface area contributed by atoms with Gasteiger partial charge in [-0.1, -0.05) is 37.1 Å². The van der Waals surface area contributed by atoms with Crippen LogP contribution >= 0.6 is 0 Å². The average Bonchev–Trinajstić information content (AvgIpc) is 2.42. The molecule has 0 radical (unpaired) electrons. The highest BCUT2D eigenvalue weighted by molar-refractivity contribution is 5.38. The van der Waals surface area contributed by atoms with Crippen LogP contribution in [-0.4, -0.2) is 17.8 Å². The van der Waals surface area contributed by atoms with Gasteiger partial charge < -0.3 is 9.84 Å². The number of rotatable bonds is 6. The number of aliphatic hydroxyl groups is 1. The van der Waals surface area contributed by atoms with Crippen molar-refractivity contribution in [2.24, 2.45) is 0 Å². The van der Waals surface area contributed by atoms with Crippen LogP contribution in [0.1, 0.15) is 50.2 Å². The molecule has 0 heterocycles. The first kappa shape index (κ1) is 15.1. The van der Waals surface area contributed by atoms with Crippen LogP contribution in [0.25, 0.3) is 0 Å². The van der Waals surface area contributed by atoms with Gasteiger partial charge in [0, 0.05) is 0 Å². The van der Waals surface area contributed by atoms with Crippen LogP contribution in [0.3, 0.4) is 0 Å². The van der Waals surface area contributed by atoms with Crippen LogP contribution < -0.4 is 4.74 Å². The van der Waals surface area contributed by atoms with Gasteiger partial charge in [-0.05, 0) is 56.2 Å². The molecule has 1 atom stereocenters. The fourth-order valence-electron chi connectivity index (χ4n) is 2.62. The predicted molar refractivity (Wildman–Crippen MR) is 83.2 cm³/mol. The normalized spacial score (nSPS) is 18.8. The van der Waals surface area contributed by atoms with E-state index in [0.717, 1.165) is 50.9 Å². The van der Waals surface area contributed by atoms with E-state index >= 15 is 0 Å². The smallest absolute Gasteiger partial charge is 0.122 e. The molecule has 1 N–H and O–H groups in total. The third-order valence-corrected chi connectivity index (χ3v) is 3.87. The highest BCUT2D eigenvalue weighted by Gasteiger charge is 2.11. The lowest BCUT2D eigenvalue weighted by atomic mass is 9.92. The van der Waals surface area contributed by atoms with Gasteiger partial charge in [-0.2, -0.15) is 0 Å². The summed E-state index contributed by atoms with van der Waals surface area (Å²) in [4.78, 5) is 0. The Morgan fingerprint density at radius 2 is 2.20 bits per heavy atom. The molecule has 1 aromatic carbocycles. The summed E-state index contributed by atoms with van der Waals surface area (Å²) in [5, 5.41) is 9.70. The third kappa shape index (κ3) is 4.38. The summed E-state index contributed by atoms with van der Waals surface area (Å²) in [7, 11) is 0. The van der Waals surface area contributed by atoms with Crippen molar-refractivity contribution in [3.63, 3.8) is 0 Å². The van der Waals surface area contributed by atoms with Crippen molar-refractivity contribution in [2.75, 3.05) is 6.61 Å². The average molecular weight is 274 g/mol. The lowest BCUT2D eigenvalue weighted by Gasteiger charge is -2.18. The number of hydrogen-bond acceptors (Lipinski definition) is 2. The van der Waals surface area contributed by atoms with Gasteiger partial charge in [0.25, 0.3) is 0 Å². The minimum absolute atomic E-state index is 0.246. The van der Waals surface area contributed by atoms with E-state index in [9.17, 15) is 5.11 Å². The number of unbranched alkanes of at least 4 members (excludes halogenated alkanes) is 1. The van der Waals surface area contributed by atoms with Crippen molar-refractivity contribution in [3.8, 4) is 5.75 Å². The van der Waals surface area contributed by atoms with Crippen molar-refractivity contribution in [2.45, 2.75) is 58.5 Å². The number of aliphatic hydroxyl groups excluding tert-OH is 1. The van der Waals surface area contributed by atoms with Crippen LogP contribution in [0.2, 0.25) is 0 Å². The molecule has 2 nitrogen and oxygen atoms in total. The summed E-state index contributed by atoms with van der Waals surface area (Å²) in [6.45, 7) is 5.06. The second-order valence-corrected chi connectivity index (χ2v) is 5.76. The summed E-state index contributed by atoms with van der Waals surface area (Å²) in [5.74, 6) is 1.01. The molecule has 0 spiro atoms. The summed E-state index contributed by atoms with van der Waals surface area (Å²) in [6.07, 6.45) is 8.08. The molecule has 0 aliphatic heterocycles. The molecule has 0 aromatic heterocycles. The minimum atomic E-state index is -0.246. The first-order valence-electron chi connectivity index (χ1n) is 7.79. The lowest BCUT2D eigenvalue weighted by molar-refractivity contribution is 0.202. The van der Waals surface area contributed by atoms with Gasteiger partial charge in [0.2, 0.25) is 0 Å². The molecule has 1 aromatic rings. The largest absolute Gasteiger partial charge is 0.493 e. The standard InChI is InChI=1S/C18H26O2/c1-3-4-10-20-18-13-16(9-8-14(18)2)11-15-6-5-7-17(19)12-15/h8-9,12-13,17,19H,3-7,10-11H2,1-2H3. The van der Waals surface area contributed by atoms with Gasteiger partial charge >= 0.3 is 0 Å². The van der Waals surface area contributed by atoms with Crippen molar-refractivity contribution < 1.29 is 9.84 Å². The molecule has 1 aliphatic rings. The van der Waals surface area contributed by atoms with E-state index in [1.165, 1.54) is 16.7 Å². The fourth-order valence-corrected chi connectivity index (χ4v) is 2.62. The monoisotopic (exact) mass is 274 g/mol.